The number of carbonyl (C=O) groups excluding carboxylic acids is 4. The fraction of sp³-hybridized carbons (Fsp3) is 0.375. The number of Topliss-reactive ketones (excluding diaryl/α,β-unsaturated/α-hetero) is 4. The molecule has 3 aromatic rings. The molecule has 1 heterocycles. The Bertz CT molecular complexity index is 1390. The van der Waals surface area contributed by atoms with E-state index in [-0.39, 0.29) is 78.4 Å². The van der Waals surface area contributed by atoms with Crippen LogP contribution in [0.1, 0.15) is 64.6 Å². The number of fused-ring (bicyclic) bond motifs is 1. The maximum Gasteiger partial charge on any atom is 0.202 e. The maximum atomic E-state index is 13.3. The molecule has 8 heteroatoms. The summed E-state index contributed by atoms with van der Waals surface area (Å²) in [5.41, 5.74) is 3.30. The smallest absolute Gasteiger partial charge is 0.202 e. The van der Waals surface area contributed by atoms with Crippen LogP contribution in [-0.2, 0) is 22.4 Å². The normalized spacial score (nSPS) is 16.3. The molecule has 8 nitrogen and oxygen atoms in total. The van der Waals surface area contributed by atoms with Gasteiger partial charge in [-0.05, 0) is 78.5 Å². The van der Waals surface area contributed by atoms with Crippen molar-refractivity contribution in [3.63, 3.8) is 0 Å². The van der Waals surface area contributed by atoms with Gasteiger partial charge in [0.05, 0.1) is 24.9 Å². The van der Waals surface area contributed by atoms with Crippen LogP contribution in [0, 0.1) is 17.8 Å². The van der Waals surface area contributed by atoms with E-state index in [1.807, 2.05) is 24.3 Å². The fourth-order valence-electron chi connectivity index (χ4n) is 5.85. The van der Waals surface area contributed by atoms with E-state index in [1.165, 1.54) is 19.3 Å². The summed E-state index contributed by atoms with van der Waals surface area (Å²) < 4.78 is 5.22. The second-order valence-corrected chi connectivity index (χ2v) is 10.6. The minimum atomic E-state index is -0.806. The van der Waals surface area contributed by atoms with Gasteiger partial charge >= 0.3 is 0 Å². The van der Waals surface area contributed by atoms with Crippen LogP contribution in [0.15, 0.2) is 59.2 Å². The van der Waals surface area contributed by atoms with E-state index in [0.29, 0.717) is 18.4 Å². The molecule has 0 amide bonds. The SMILES string of the molecule is CC(=O)CC(=O)C(CO)C(CCO)CC1CC(=O)c2c(O)ccc(-c3cccc(CC(=O)c4ccco4)c3)c2C1. The Morgan fingerprint density at radius 3 is 2.52 bits per heavy atom. The van der Waals surface area contributed by atoms with E-state index in [1.54, 1.807) is 18.2 Å². The number of carbonyl (C=O) groups is 4. The summed E-state index contributed by atoms with van der Waals surface area (Å²) in [6, 6.07) is 14.0. The van der Waals surface area contributed by atoms with E-state index in [9.17, 15) is 34.5 Å². The van der Waals surface area contributed by atoms with Crippen molar-refractivity contribution in [3.8, 4) is 16.9 Å². The molecule has 0 aliphatic heterocycles. The molecule has 3 atom stereocenters. The summed E-state index contributed by atoms with van der Waals surface area (Å²) in [5, 5.41) is 30.2. The van der Waals surface area contributed by atoms with Gasteiger partial charge in [-0.15, -0.1) is 0 Å². The van der Waals surface area contributed by atoms with Crippen LogP contribution >= 0.6 is 0 Å². The number of ketones is 4. The Kier molecular flexibility index (Phi) is 9.45. The Labute approximate surface area is 232 Å². The van der Waals surface area contributed by atoms with Crippen LogP contribution in [0.25, 0.3) is 11.1 Å². The average Bonchev–Trinajstić information content (AvgIpc) is 3.44. The lowest BCUT2D eigenvalue weighted by Crippen LogP contribution is -2.32. The van der Waals surface area contributed by atoms with E-state index < -0.39 is 18.4 Å². The lowest BCUT2D eigenvalue weighted by molar-refractivity contribution is -0.131. The van der Waals surface area contributed by atoms with Gasteiger partial charge in [0.2, 0.25) is 5.78 Å². The van der Waals surface area contributed by atoms with Gasteiger partial charge in [-0.3, -0.25) is 19.2 Å². The van der Waals surface area contributed by atoms with Crippen molar-refractivity contribution in [1.82, 2.24) is 0 Å². The van der Waals surface area contributed by atoms with E-state index in [0.717, 1.165) is 16.7 Å². The molecule has 3 N–H and O–H groups in total. The van der Waals surface area contributed by atoms with Crippen molar-refractivity contribution >= 4 is 23.1 Å². The molecule has 1 aromatic heterocycles. The first-order valence-corrected chi connectivity index (χ1v) is 13.5. The van der Waals surface area contributed by atoms with Crippen molar-refractivity contribution < 1.29 is 38.9 Å². The number of furan rings is 1. The topological polar surface area (TPSA) is 142 Å². The molecular weight excluding hydrogens is 512 g/mol. The molecule has 0 bridgehead atoms. The summed E-state index contributed by atoms with van der Waals surface area (Å²) in [5.74, 6) is -2.25. The third kappa shape index (κ3) is 6.63. The van der Waals surface area contributed by atoms with E-state index in [4.69, 9.17) is 4.42 Å². The average molecular weight is 547 g/mol. The molecule has 0 spiro atoms. The van der Waals surface area contributed by atoms with Crippen LogP contribution in [0.2, 0.25) is 0 Å². The predicted octanol–water partition coefficient (Wildman–Crippen LogP) is 4.37. The van der Waals surface area contributed by atoms with Crippen molar-refractivity contribution in [2.75, 3.05) is 13.2 Å². The van der Waals surface area contributed by atoms with Crippen LogP contribution in [-0.4, -0.2) is 51.7 Å². The minimum absolute atomic E-state index is 0.0943. The van der Waals surface area contributed by atoms with E-state index in [2.05, 4.69) is 0 Å². The first-order chi connectivity index (χ1) is 19.2. The quantitative estimate of drug-likeness (QED) is 0.212. The Balaban J connectivity index is 1.62. The molecule has 40 heavy (non-hydrogen) atoms. The minimum Gasteiger partial charge on any atom is -0.507 e. The molecule has 210 valence electrons. The van der Waals surface area contributed by atoms with Crippen LogP contribution in [0.4, 0.5) is 0 Å². The van der Waals surface area contributed by atoms with Gasteiger partial charge in [-0.2, -0.15) is 0 Å². The van der Waals surface area contributed by atoms with E-state index >= 15 is 0 Å². The zero-order valence-corrected chi connectivity index (χ0v) is 22.5. The molecule has 1 aliphatic carbocycles. The van der Waals surface area contributed by atoms with Crippen molar-refractivity contribution in [1.29, 1.82) is 0 Å². The van der Waals surface area contributed by atoms with Gasteiger partial charge in [0, 0.05) is 25.4 Å². The second-order valence-electron chi connectivity index (χ2n) is 10.6. The highest BCUT2D eigenvalue weighted by atomic mass is 16.3. The molecule has 0 radical (unpaired) electrons. The highest BCUT2D eigenvalue weighted by Gasteiger charge is 2.35. The summed E-state index contributed by atoms with van der Waals surface area (Å²) in [6.45, 7) is 0.685. The monoisotopic (exact) mass is 546 g/mol. The summed E-state index contributed by atoms with van der Waals surface area (Å²) >= 11 is 0. The number of phenolic OH excluding ortho intramolecular Hbond substituents is 1. The number of aliphatic hydroxyl groups excluding tert-OH is 2. The molecule has 2 aromatic carbocycles. The van der Waals surface area contributed by atoms with Crippen molar-refractivity contribution in [2.45, 2.75) is 45.4 Å². The molecule has 0 saturated carbocycles. The third-order valence-corrected chi connectivity index (χ3v) is 7.67. The number of hydrogen-bond acceptors (Lipinski definition) is 8. The molecule has 3 unspecified atom stereocenters. The van der Waals surface area contributed by atoms with Crippen LogP contribution < -0.4 is 0 Å². The largest absolute Gasteiger partial charge is 0.507 e. The molecule has 0 saturated heterocycles. The zero-order valence-electron chi connectivity index (χ0n) is 22.5. The number of rotatable bonds is 13. The molecular formula is C32H34O8. The van der Waals surface area contributed by atoms with Gasteiger partial charge in [-0.25, -0.2) is 0 Å². The standard InChI is InChI=1S/C32H34O8/c1-19(35)12-28(37)26(18-34)23(9-10-33)14-21-15-25-24(7-8-27(36)32(25)30(39)17-21)22-5-2-4-20(13-22)16-29(38)31-6-3-11-40-31/h2-8,11,13,21,23,26,33-34,36H,9-10,12,14-18H2,1H3. The van der Waals surface area contributed by atoms with Crippen molar-refractivity contribution in [2.24, 2.45) is 17.8 Å². The number of aromatic hydroxyl groups is 1. The highest BCUT2D eigenvalue weighted by molar-refractivity contribution is 6.03. The lowest BCUT2D eigenvalue weighted by atomic mass is 9.72. The summed E-state index contributed by atoms with van der Waals surface area (Å²) in [4.78, 5) is 50.1. The Hall–Kier alpha value is -3.88. The van der Waals surface area contributed by atoms with Gasteiger partial charge in [0.15, 0.2) is 11.5 Å². The molecule has 1 aliphatic rings. The first kappa shape index (κ1) is 29.1. The number of hydrogen-bond donors (Lipinski definition) is 3. The van der Waals surface area contributed by atoms with Crippen LogP contribution in [0.3, 0.4) is 0 Å². The third-order valence-electron chi connectivity index (χ3n) is 7.67. The first-order valence-electron chi connectivity index (χ1n) is 13.5. The number of benzene rings is 2. The fourth-order valence-corrected chi connectivity index (χ4v) is 5.85. The Morgan fingerprint density at radius 1 is 1.05 bits per heavy atom. The predicted molar refractivity (Wildman–Crippen MR) is 147 cm³/mol. The van der Waals surface area contributed by atoms with Gasteiger partial charge in [0.25, 0.3) is 0 Å². The van der Waals surface area contributed by atoms with Gasteiger partial charge in [-0.1, -0.05) is 30.3 Å². The van der Waals surface area contributed by atoms with Crippen LogP contribution in [0.5, 0.6) is 5.75 Å². The van der Waals surface area contributed by atoms with Crippen molar-refractivity contribution in [3.05, 3.63) is 77.2 Å². The summed E-state index contributed by atoms with van der Waals surface area (Å²) in [7, 11) is 0. The maximum absolute atomic E-state index is 13.3. The van der Waals surface area contributed by atoms with Gasteiger partial charge in [0.1, 0.15) is 17.3 Å². The number of phenols is 1. The van der Waals surface area contributed by atoms with Gasteiger partial charge < -0.3 is 19.7 Å². The zero-order chi connectivity index (χ0) is 28.8. The summed E-state index contributed by atoms with van der Waals surface area (Å²) in [6.07, 6.45) is 2.56. The molecule has 4 rings (SSSR count). The second kappa shape index (κ2) is 13.0. The lowest BCUT2D eigenvalue weighted by Gasteiger charge is -2.31. The molecule has 0 fully saturated rings. The highest BCUT2D eigenvalue weighted by Crippen LogP contribution is 2.41. The Morgan fingerprint density at radius 2 is 1.85 bits per heavy atom. The number of aliphatic hydroxyl groups is 2.